The molecule has 0 bridgehead atoms. The number of carbonyl (C=O) groups is 1. The van der Waals surface area contributed by atoms with Crippen molar-refractivity contribution in [3.63, 3.8) is 0 Å². The second-order valence-corrected chi connectivity index (χ2v) is 9.16. The Hall–Kier alpha value is -3.19. The van der Waals surface area contributed by atoms with E-state index in [1.54, 1.807) is 12.1 Å². The average Bonchev–Trinajstić information content (AvgIpc) is 2.82. The Morgan fingerprint density at radius 3 is 2.38 bits per heavy atom. The molecule has 0 spiro atoms. The molecule has 0 radical (unpaired) electrons. The molecule has 0 saturated carbocycles. The van der Waals surface area contributed by atoms with Gasteiger partial charge in [-0.25, -0.2) is 19.2 Å². The summed E-state index contributed by atoms with van der Waals surface area (Å²) >= 11 is 6.35. The zero-order valence-electron chi connectivity index (χ0n) is 19.7. The standard InChI is InChI=1S/C26H29ClFN5O/c1-17(2)29-26(34)33-14-12-32(13-15-33)25-20(16-21-22(27)10-7-11-23(21)28)18(3)30-24(31-25)19-8-5-4-6-9-19/h4-11,17H,12-16H2,1-3H3,(H,29,34). The molecule has 1 aliphatic rings. The second kappa shape index (κ2) is 10.4. The summed E-state index contributed by atoms with van der Waals surface area (Å²) < 4.78 is 14.6. The number of benzene rings is 2. The summed E-state index contributed by atoms with van der Waals surface area (Å²) in [7, 11) is 0. The second-order valence-electron chi connectivity index (χ2n) is 8.76. The average molecular weight is 482 g/mol. The first-order valence-corrected chi connectivity index (χ1v) is 11.9. The lowest BCUT2D eigenvalue weighted by Crippen LogP contribution is -2.53. The van der Waals surface area contributed by atoms with Gasteiger partial charge in [-0.05, 0) is 32.9 Å². The lowest BCUT2D eigenvalue weighted by atomic mass is 10.0. The van der Waals surface area contributed by atoms with E-state index in [4.69, 9.17) is 21.6 Å². The predicted octanol–water partition coefficient (Wildman–Crippen LogP) is 5.08. The van der Waals surface area contributed by atoms with Gasteiger partial charge in [0.25, 0.3) is 0 Å². The van der Waals surface area contributed by atoms with E-state index in [2.05, 4.69) is 10.2 Å². The Morgan fingerprint density at radius 1 is 1.03 bits per heavy atom. The van der Waals surface area contributed by atoms with Crippen LogP contribution in [-0.4, -0.2) is 53.1 Å². The first kappa shape index (κ1) is 24.0. The molecule has 2 aromatic carbocycles. The summed E-state index contributed by atoms with van der Waals surface area (Å²) in [5.41, 5.74) is 2.96. The van der Waals surface area contributed by atoms with Gasteiger partial charge in [-0.3, -0.25) is 0 Å². The Bertz CT molecular complexity index is 1140. The van der Waals surface area contributed by atoms with Crippen molar-refractivity contribution in [2.75, 3.05) is 31.1 Å². The van der Waals surface area contributed by atoms with Gasteiger partial charge in [0.2, 0.25) is 0 Å². The van der Waals surface area contributed by atoms with Crippen LogP contribution in [0.3, 0.4) is 0 Å². The normalized spacial score (nSPS) is 13.9. The number of nitrogens with zero attached hydrogens (tertiary/aromatic N) is 4. The van der Waals surface area contributed by atoms with Crippen LogP contribution < -0.4 is 10.2 Å². The van der Waals surface area contributed by atoms with Gasteiger partial charge < -0.3 is 15.1 Å². The van der Waals surface area contributed by atoms with Gasteiger partial charge in [-0.1, -0.05) is 48.0 Å². The molecule has 2 heterocycles. The maximum atomic E-state index is 14.6. The minimum atomic E-state index is -0.347. The van der Waals surface area contributed by atoms with Crippen LogP contribution in [0.4, 0.5) is 15.0 Å². The van der Waals surface area contributed by atoms with Crippen LogP contribution in [0.5, 0.6) is 0 Å². The van der Waals surface area contributed by atoms with Gasteiger partial charge in [-0.15, -0.1) is 0 Å². The molecule has 0 aliphatic carbocycles. The fourth-order valence-corrected chi connectivity index (χ4v) is 4.33. The Balaban J connectivity index is 1.69. The monoisotopic (exact) mass is 481 g/mol. The summed E-state index contributed by atoms with van der Waals surface area (Å²) in [4.78, 5) is 26.1. The van der Waals surface area contributed by atoms with E-state index in [9.17, 15) is 9.18 Å². The summed E-state index contributed by atoms with van der Waals surface area (Å²) in [5, 5.41) is 3.33. The van der Waals surface area contributed by atoms with Crippen molar-refractivity contribution in [2.45, 2.75) is 33.2 Å². The van der Waals surface area contributed by atoms with Crippen LogP contribution in [0.2, 0.25) is 5.02 Å². The van der Waals surface area contributed by atoms with Crippen LogP contribution in [-0.2, 0) is 6.42 Å². The smallest absolute Gasteiger partial charge is 0.317 e. The Labute approximate surface area is 204 Å². The van der Waals surface area contributed by atoms with Crippen molar-refractivity contribution < 1.29 is 9.18 Å². The number of carbonyl (C=O) groups excluding carboxylic acids is 1. The molecule has 1 fully saturated rings. The number of aromatic nitrogens is 2. The van der Waals surface area contributed by atoms with Gasteiger partial charge in [0.05, 0.1) is 0 Å². The van der Waals surface area contributed by atoms with Gasteiger partial charge in [0, 0.05) is 66.0 Å². The molecule has 2 amide bonds. The highest BCUT2D eigenvalue weighted by atomic mass is 35.5. The Kier molecular flexibility index (Phi) is 7.32. The molecule has 0 unspecified atom stereocenters. The lowest BCUT2D eigenvalue weighted by molar-refractivity contribution is 0.191. The maximum Gasteiger partial charge on any atom is 0.317 e. The molecule has 4 rings (SSSR count). The van der Waals surface area contributed by atoms with Crippen molar-refractivity contribution in [3.05, 3.63) is 76.2 Å². The highest BCUT2D eigenvalue weighted by Crippen LogP contribution is 2.31. The van der Waals surface area contributed by atoms with Crippen molar-refractivity contribution in [1.82, 2.24) is 20.2 Å². The number of halogens is 2. The number of nitrogens with one attached hydrogen (secondary N) is 1. The topological polar surface area (TPSA) is 61.4 Å². The van der Waals surface area contributed by atoms with Crippen LogP contribution in [0.1, 0.15) is 30.7 Å². The van der Waals surface area contributed by atoms with E-state index in [0.717, 1.165) is 22.6 Å². The summed E-state index contributed by atoms with van der Waals surface area (Å²) in [6.07, 6.45) is 0.287. The van der Waals surface area contributed by atoms with Crippen molar-refractivity contribution >= 4 is 23.4 Å². The highest BCUT2D eigenvalue weighted by Gasteiger charge is 2.26. The zero-order chi connectivity index (χ0) is 24.2. The van der Waals surface area contributed by atoms with Gasteiger partial charge in [-0.2, -0.15) is 0 Å². The number of hydrogen-bond acceptors (Lipinski definition) is 4. The van der Waals surface area contributed by atoms with Gasteiger partial charge in [0.15, 0.2) is 5.82 Å². The number of rotatable bonds is 5. The third-order valence-corrected chi connectivity index (χ3v) is 6.27. The van der Waals surface area contributed by atoms with Crippen LogP contribution >= 0.6 is 11.6 Å². The summed E-state index contributed by atoms with van der Waals surface area (Å²) in [6.45, 7) is 8.20. The number of urea groups is 1. The molecule has 0 atom stereocenters. The number of amides is 2. The molecule has 3 aromatic rings. The molecule has 1 N–H and O–H groups in total. The van der Waals surface area contributed by atoms with Crippen LogP contribution in [0, 0.1) is 12.7 Å². The predicted molar refractivity (Wildman–Crippen MR) is 134 cm³/mol. The number of aryl methyl sites for hydroxylation is 1. The van der Waals surface area contributed by atoms with E-state index in [0.29, 0.717) is 42.6 Å². The number of piperazine rings is 1. The largest absolute Gasteiger partial charge is 0.353 e. The van der Waals surface area contributed by atoms with Crippen molar-refractivity contribution in [2.24, 2.45) is 0 Å². The molecular weight excluding hydrogens is 453 g/mol. The third-order valence-electron chi connectivity index (χ3n) is 5.92. The fraction of sp³-hybridized carbons (Fsp3) is 0.346. The first-order chi connectivity index (χ1) is 16.3. The molecule has 1 aliphatic heterocycles. The van der Waals surface area contributed by atoms with Gasteiger partial charge >= 0.3 is 6.03 Å². The van der Waals surface area contributed by atoms with Crippen molar-refractivity contribution in [3.8, 4) is 11.4 Å². The van der Waals surface area contributed by atoms with Crippen LogP contribution in [0.15, 0.2) is 48.5 Å². The molecule has 6 nitrogen and oxygen atoms in total. The molecule has 1 aromatic heterocycles. The molecular formula is C26H29ClFN5O. The minimum absolute atomic E-state index is 0.0585. The number of hydrogen-bond donors (Lipinski definition) is 1. The van der Waals surface area contributed by atoms with E-state index in [1.165, 1.54) is 6.07 Å². The quantitative estimate of drug-likeness (QED) is 0.552. The third kappa shape index (κ3) is 5.30. The van der Waals surface area contributed by atoms with E-state index >= 15 is 0 Å². The fourth-order valence-electron chi connectivity index (χ4n) is 4.10. The summed E-state index contributed by atoms with van der Waals surface area (Å²) in [5.74, 6) is 1.03. The lowest BCUT2D eigenvalue weighted by Gasteiger charge is -2.37. The van der Waals surface area contributed by atoms with Crippen LogP contribution in [0.25, 0.3) is 11.4 Å². The SMILES string of the molecule is Cc1nc(-c2ccccc2)nc(N2CCN(C(=O)NC(C)C)CC2)c1Cc1c(F)cccc1Cl. The zero-order valence-corrected chi connectivity index (χ0v) is 20.4. The highest BCUT2D eigenvalue weighted by molar-refractivity contribution is 6.31. The van der Waals surface area contributed by atoms with E-state index in [1.807, 2.05) is 56.0 Å². The minimum Gasteiger partial charge on any atom is -0.353 e. The molecule has 1 saturated heterocycles. The number of anilines is 1. The summed E-state index contributed by atoms with van der Waals surface area (Å²) in [6, 6.07) is 14.5. The van der Waals surface area contributed by atoms with Crippen molar-refractivity contribution in [1.29, 1.82) is 0 Å². The molecule has 178 valence electrons. The van der Waals surface area contributed by atoms with Gasteiger partial charge in [0.1, 0.15) is 11.6 Å². The first-order valence-electron chi connectivity index (χ1n) is 11.5. The maximum absolute atomic E-state index is 14.6. The molecule has 8 heteroatoms. The van der Waals surface area contributed by atoms with E-state index < -0.39 is 0 Å². The Morgan fingerprint density at radius 2 is 1.74 bits per heavy atom. The molecule has 34 heavy (non-hydrogen) atoms. The van der Waals surface area contributed by atoms with E-state index in [-0.39, 0.29) is 24.3 Å².